The summed E-state index contributed by atoms with van der Waals surface area (Å²) in [5, 5.41) is 36.7. The Kier molecular flexibility index (Phi) is 7.97. The van der Waals surface area contributed by atoms with E-state index >= 15 is 0 Å². The molecule has 12 heteroatoms. The van der Waals surface area contributed by atoms with Crippen LogP contribution in [-0.4, -0.2) is 52.6 Å². The van der Waals surface area contributed by atoms with E-state index in [2.05, 4.69) is 10.6 Å². The first kappa shape index (κ1) is 23.2. The largest absolute Gasteiger partial charge is 0.467 e. The molecule has 0 aliphatic rings. The van der Waals surface area contributed by atoms with Gasteiger partial charge in [0.15, 0.2) is 0 Å². The number of esters is 1. The van der Waals surface area contributed by atoms with Crippen LogP contribution in [-0.2, 0) is 20.7 Å². The van der Waals surface area contributed by atoms with Crippen molar-refractivity contribution in [2.45, 2.75) is 18.5 Å². The first-order chi connectivity index (χ1) is 14.8. The summed E-state index contributed by atoms with van der Waals surface area (Å²) < 4.78 is 4.71. The fourth-order valence-corrected chi connectivity index (χ4v) is 2.75. The summed E-state index contributed by atoms with van der Waals surface area (Å²) in [7, 11) is 1.16. The summed E-state index contributed by atoms with van der Waals surface area (Å²) in [6.07, 6.45) is 0.120. The average Bonchev–Trinajstić information content (AvgIpc) is 2.76. The quantitative estimate of drug-likeness (QED) is 0.283. The van der Waals surface area contributed by atoms with Crippen molar-refractivity contribution in [2.24, 2.45) is 0 Å². The number of nitrogens with one attached hydrogen (secondary N) is 2. The Labute approximate surface area is 176 Å². The highest BCUT2D eigenvalue weighted by Gasteiger charge is 2.28. The Hall–Kier alpha value is -4.06. The van der Waals surface area contributed by atoms with Crippen LogP contribution in [0.15, 0.2) is 48.5 Å². The molecule has 2 rings (SSSR count). The van der Waals surface area contributed by atoms with Gasteiger partial charge in [-0.15, -0.1) is 0 Å². The van der Waals surface area contributed by atoms with E-state index in [1.54, 1.807) is 30.3 Å². The molecule has 0 aliphatic carbocycles. The molecule has 0 fully saturated rings. The molecule has 164 valence electrons. The van der Waals surface area contributed by atoms with Crippen LogP contribution in [0.25, 0.3) is 0 Å². The third-order valence-electron chi connectivity index (χ3n) is 4.30. The predicted octanol–water partition coefficient (Wildman–Crippen LogP) is 1.18. The molecule has 0 unspecified atom stereocenters. The summed E-state index contributed by atoms with van der Waals surface area (Å²) in [5.74, 6) is -1.53. The van der Waals surface area contributed by atoms with Crippen molar-refractivity contribution in [2.75, 3.05) is 19.0 Å². The van der Waals surface area contributed by atoms with Crippen molar-refractivity contribution in [3.05, 3.63) is 74.3 Å². The summed E-state index contributed by atoms with van der Waals surface area (Å²) in [6.45, 7) is -0.765. The predicted molar refractivity (Wildman–Crippen MR) is 108 cm³/mol. The van der Waals surface area contributed by atoms with Gasteiger partial charge in [0.1, 0.15) is 17.8 Å². The molecule has 2 aromatic rings. The second kappa shape index (κ2) is 10.6. The summed E-state index contributed by atoms with van der Waals surface area (Å²) in [5.41, 5.74) is -0.606. The molecule has 31 heavy (non-hydrogen) atoms. The SMILES string of the molecule is COC(=O)[C@H](Cc1ccccc1)NC(=O)[C@@H](CO)Nc1ccc([N+](=O)[O-])cc1[N+](=O)[O-]. The van der Waals surface area contributed by atoms with Crippen LogP contribution in [0, 0.1) is 20.2 Å². The van der Waals surface area contributed by atoms with E-state index in [1.165, 1.54) is 0 Å². The molecule has 0 heterocycles. The molecule has 0 radical (unpaired) electrons. The smallest absolute Gasteiger partial charge is 0.328 e. The number of rotatable bonds is 10. The molecule has 0 spiro atoms. The van der Waals surface area contributed by atoms with Crippen molar-refractivity contribution < 1.29 is 29.3 Å². The number of methoxy groups -OCH3 is 1. The zero-order valence-electron chi connectivity index (χ0n) is 16.4. The van der Waals surface area contributed by atoms with Crippen molar-refractivity contribution in [3.8, 4) is 0 Å². The fraction of sp³-hybridized carbons (Fsp3) is 0.263. The van der Waals surface area contributed by atoms with Gasteiger partial charge < -0.3 is 20.5 Å². The molecule has 0 saturated heterocycles. The Morgan fingerprint density at radius 3 is 2.29 bits per heavy atom. The lowest BCUT2D eigenvalue weighted by Gasteiger charge is -2.21. The van der Waals surface area contributed by atoms with Gasteiger partial charge in [-0.3, -0.25) is 25.0 Å². The topological polar surface area (TPSA) is 174 Å². The van der Waals surface area contributed by atoms with Gasteiger partial charge in [-0.1, -0.05) is 30.3 Å². The number of hydrogen-bond acceptors (Lipinski definition) is 9. The number of hydrogen-bond donors (Lipinski definition) is 3. The Morgan fingerprint density at radius 2 is 1.74 bits per heavy atom. The monoisotopic (exact) mass is 432 g/mol. The van der Waals surface area contributed by atoms with Crippen LogP contribution < -0.4 is 10.6 Å². The molecule has 0 bridgehead atoms. The average molecular weight is 432 g/mol. The number of aliphatic hydroxyl groups is 1. The third kappa shape index (κ3) is 6.21. The summed E-state index contributed by atoms with van der Waals surface area (Å²) in [6, 6.07) is 9.20. The standard InChI is InChI=1S/C19H20N4O8/c1-31-19(26)15(9-12-5-3-2-4-6-12)21-18(25)16(11-24)20-14-8-7-13(22(27)28)10-17(14)23(29)30/h2-8,10,15-16,20,24H,9,11H2,1H3,(H,21,25)/t15-,16+/m0/s1. The van der Waals surface area contributed by atoms with Crippen molar-refractivity contribution in [1.82, 2.24) is 5.32 Å². The minimum absolute atomic E-state index is 0.120. The van der Waals surface area contributed by atoms with Crippen molar-refractivity contribution >= 4 is 28.9 Å². The molecule has 3 N–H and O–H groups in total. The van der Waals surface area contributed by atoms with Crippen LogP contribution in [0.2, 0.25) is 0 Å². The second-order valence-corrected chi connectivity index (χ2v) is 6.37. The number of nitro groups is 2. The second-order valence-electron chi connectivity index (χ2n) is 6.37. The highest BCUT2D eigenvalue weighted by atomic mass is 16.6. The van der Waals surface area contributed by atoms with Crippen molar-refractivity contribution in [1.29, 1.82) is 0 Å². The van der Waals surface area contributed by atoms with E-state index in [1.807, 2.05) is 0 Å². The van der Waals surface area contributed by atoms with Crippen LogP contribution in [0.5, 0.6) is 0 Å². The maximum atomic E-state index is 12.6. The molecule has 12 nitrogen and oxygen atoms in total. The number of non-ortho nitro benzene ring substituents is 1. The number of nitrogens with zero attached hydrogens (tertiary/aromatic N) is 2. The number of carbonyl (C=O) groups is 2. The van der Waals surface area contributed by atoms with Crippen LogP contribution in [0.4, 0.5) is 17.1 Å². The van der Waals surface area contributed by atoms with E-state index in [0.29, 0.717) is 0 Å². The number of benzene rings is 2. The summed E-state index contributed by atoms with van der Waals surface area (Å²) >= 11 is 0. The highest BCUT2D eigenvalue weighted by Crippen LogP contribution is 2.29. The van der Waals surface area contributed by atoms with Crippen LogP contribution in [0.3, 0.4) is 0 Å². The summed E-state index contributed by atoms with van der Waals surface area (Å²) in [4.78, 5) is 45.2. The molecule has 0 aliphatic heterocycles. The number of aliphatic hydroxyl groups excluding tert-OH is 1. The molecule has 2 aromatic carbocycles. The Morgan fingerprint density at radius 1 is 1.06 bits per heavy atom. The minimum Gasteiger partial charge on any atom is -0.467 e. The van der Waals surface area contributed by atoms with Gasteiger partial charge in [-0.25, -0.2) is 4.79 Å². The van der Waals surface area contributed by atoms with Crippen LogP contribution in [0.1, 0.15) is 5.56 Å². The zero-order valence-corrected chi connectivity index (χ0v) is 16.4. The Balaban J connectivity index is 2.21. The lowest BCUT2D eigenvalue weighted by molar-refractivity contribution is -0.393. The van der Waals surface area contributed by atoms with Gasteiger partial charge in [-0.05, 0) is 11.6 Å². The Bertz CT molecular complexity index is 967. The van der Waals surface area contributed by atoms with Gasteiger partial charge in [0.2, 0.25) is 5.91 Å². The maximum Gasteiger partial charge on any atom is 0.328 e. The minimum atomic E-state index is -1.37. The molecule has 0 aromatic heterocycles. The molecule has 0 saturated carbocycles. The lowest BCUT2D eigenvalue weighted by Crippen LogP contribution is -2.50. The highest BCUT2D eigenvalue weighted by molar-refractivity contribution is 5.90. The molecule has 1 amide bonds. The van der Waals surface area contributed by atoms with E-state index < -0.39 is 51.8 Å². The van der Waals surface area contributed by atoms with Crippen LogP contribution >= 0.6 is 0 Å². The number of ether oxygens (including phenoxy) is 1. The van der Waals surface area contributed by atoms with E-state index in [4.69, 9.17) is 4.74 Å². The number of anilines is 1. The number of carbonyl (C=O) groups excluding carboxylic acids is 2. The maximum absolute atomic E-state index is 12.6. The fourth-order valence-electron chi connectivity index (χ4n) is 2.75. The van der Waals surface area contributed by atoms with Gasteiger partial charge in [0.05, 0.1) is 29.6 Å². The van der Waals surface area contributed by atoms with Gasteiger partial charge in [-0.2, -0.15) is 0 Å². The van der Waals surface area contributed by atoms with E-state index in [-0.39, 0.29) is 12.1 Å². The van der Waals surface area contributed by atoms with E-state index in [9.17, 15) is 34.9 Å². The first-order valence-electron chi connectivity index (χ1n) is 8.99. The lowest BCUT2D eigenvalue weighted by atomic mass is 10.1. The number of nitro benzene ring substituents is 2. The zero-order chi connectivity index (χ0) is 23.0. The van der Waals surface area contributed by atoms with Gasteiger partial charge in [0.25, 0.3) is 11.4 Å². The van der Waals surface area contributed by atoms with E-state index in [0.717, 1.165) is 30.9 Å². The molecular weight excluding hydrogens is 412 g/mol. The molecular formula is C19H20N4O8. The van der Waals surface area contributed by atoms with Crippen molar-refractivity contribution in [3.63, 3.8) is 0 Å². The first-order valence-corrected chi connectivity index (χ1v) is 8.99. The third-order valence-corrected chi connectivity index (χ3v) is 4.30. The molecule has 2 atom stereocenters. The normalized spacial score (nSPS) is 12.3. The number of amides is 1. The van der Waals surface area contributed by atoms with Gasteiger partial charge in [0, 0.05) is 12.5 Å². The van der Waals surface area contributed by atoms with Gasteiger partial charge >= 0.3 is 5.97 Å².